The molecule has 0 aliphatic heterocycles. The van der Waals surface area contributed by atoms with Gasteiger partial charge in [-0.25, -0.2) is 0 Å². The maximum Gasteiger partial charge on any atom is 0.416 e. The minimum Gasteiger partial charge on any atom is -0.504 e. The van der Waals surface area contributed by atoms with Crippen LogP contribution in [0, 0.1) is 0 Å². The van der Waals surface area contributed by atoms with E-state index in [9.17, 15) is 23.1 Å². The highest BCUT2D eigenvalue weighted by Gasteiger charge is 2.30. The Bertz CT molecular complexity index is 789. The second-order valence-electron chi connectivity index (χ2n) is 4.95. The van der Waals surface area contributed by atoms with Crippen LogP contribution in [0.1, 0.15) is 21.5 Å². The fourth-order valence-electron chi connectivity index (χ4n) is 2.01. The van der Waals surface area contributed by atoms with Crippen LogP contribution in [-0.4, -0.2) is 31.0 Å². The number of nitrogens with zero attached hydrogens (tertiary/aromatic N) is 1. The van der Waals surface area contributed by atoms with Gasteiger partial charge in [-0.2, -0.15) is 13.2 Å². The minimum absolute atomic E-state index is 0.0991. The molecule has 0 fully saturated rings. The van der Waals surface area contributed by atoms with Crippen LogP contribution in [0.4, 0.5) is 13.2 Å². The average Bonchev–Trinajstić information content (AvgIpc) is 2.59. The van der Waals surface area contributed by atoms with Gasteiger partial charge in [-0.1, -0.05) is 12.1 Å². The quantitative estimate of drug-likeness (QED) is 0.812. The normalized spacial score (nSPS) is 11.5. The van der Waals surface area contributed by atoms with Crippen LogP contribution in [0.25, 0.3) is 0 Å². The second kappa shape index (κ2) is 7.69. The van der Waals surface area contributed by atoms with E-state index in [4.69, 9.17) is 4.74 Å². The van der Waals surface area contributed by atoms with Crippen molar-refractivity contribution in [1.29, 1.82) is 0 Å². The third kappa shape index (κ3) is 4.72. The lowest BCUT2D eigenvalue weighted by molar-refractivity contribution is -0.137. The van der Waals surface area contributed by atoms with Gasteiger partial charge in [0.1, 0.15) is 6.67 Å². The average molecular weight is 352 g/mol. The van der Waals surface area contributed by atoms with E-state index >= 15 is 0 Å². The molecule has 0 bridgehead atoms. The monoisotopic (exact) mass is 352 g/mol. The number of rotatable bonds is 5. The van der Waals surface area contributed by atoms with Gasteiger partial charge < -0.3 is 15.2 Å². The molecule has 0 unspecified atom stereocenters. The van der Waals surface area contributed by atoms with Crippen LogP contribution < -0.4 is 10.1 Å². The second-order valence-corrected chi connectivity index (χ2v) is 4.95. The van der Waals surface area contributed by atoms with Crippen molar-refractivity contribution in [2.24, 2.45) is 4.99 Å². The zero-order valence-electron chi connectivity index (χ0n) is 13.2. The van der Waals surface area contributed by atoms with Crippen LogP contribution >= 0.6 is 0 Å². The predicted octanol–water partition coefficient (Wildman–Crippen LogP) is 3.23. The first-order valence-electron chi connectivity index (χ1n) is 7.14. The largest absolute Gasteiger partial charge is 0.504 e. The molecular formula is C17H15F3N2O3. The van der Waals surface area contributed by atoms with E-state index < -0.39 is 17.6 Å². The van der Waals surface area contributed by atoms with Crippen LogP contribution in [0.2, 0.25) is 0 Å². The van der Waals surface area contributed by atoms with Crippen molar-refractivity contribution in [2.45, 2.75) is 6.18 Å². The smallest absolute Gasteiger partial charge is 0.416 e. The Morgan fingerprint density at radius 3 is 2.68 bits per heavy atom. The minimum atomic E-state index is -4.52. The van der Waals surface area contributed by atoms with E-state index in [1.54, 1.807) is 18.2 Å². The maximum absolute atomic E-state index is 12.6. The van der Waals surface area contributed by atoms with Gasteiger partial charge >= 0.3 is 6.18 Å². The molecule has 2 aromatic rings. The van der Waals surface area contributed by atoms with Crippen molar-refractivity contribution in [3.05, 3.63) is 59.2 Å². The van der Waals surface area contributed by atoms with Crippen molar-refractivity contribution in [2.75, 3.05) is 13.8 Å². The lowest BCUT2D eigenvalue weighted by atomic mass is 10.1. The number of nitrogens with one attached hydrogen (secondary N) is 1. The van der Waals surface area contributed by atoms with Crippen LogP contribution in [0.5, 0.6) is 11.5 Å². The molecule has 0 radical (unpaired) electrons. The van der Waals surface area contributed by atoms with E-state index in [-0.39, 0.29) is 23.7 Å². The number of aromatic hydroxyl groups is 1. The van der Waals surface area contributed by atoms with E-state index in [1.807, 2.05) is 0 Å². The fraction of sp³-hybridized carbons (Fsp3) is 0.176. The molecule has 0 saturated carbocycles. The Hall–Kier alpha value is -3.03. The number of alkyl halides is 3. The Morgan fingerprint density at radius 2 is 2.00 bits per heavy atom. The van der Waals surface area contributed by atoms with Gasteiger partial charge in [0, 0.05) is 17.3 Å². The molecular weight excluding hydrogens is 337 g/mol. The molecule has 0 spiro atoms. The molecule has 0 atom stereocenters. The number of halogens is 3. The van der Waals surface area contributed by atoms with Gasteiger partial charge in [0.05, 0.1) is 12.7 Å². The number of aliphatic imine (C=N–C) groups is 1. The summed E-state index contributed by atoms with van der Waals surface area (Å²) in [6.45, 7) is -0.161. The zero-order valence-corrected chi connectivity index (χ0v) is 13.2. The Kier molecular flexibility index (Phi) is 5.63. The van der Waals surface area contributed by atoms with Crippen molar-refractivity contribution in [1.82, 2.24) is 5.32 Å². The molecule has 1 amide bonds. The molecule has 0 heterocycles. The standard InChI is InChI=1S/C17H15F3N2O3/c1-25-14-7-3-5-12(15(14)23)9-21-10-22-16(24)11-4-2-6-13(8-11)17(18,19)20/h2-9,23H,10H2,1H3,(H,22,24)/b21-9+. The predicted molar refractivity (Wildman–Crippen MR) is 86.0 cm³/mol. The first-order valence-corrected chi connectivity index (χ1v) is 7.14. The van der Waals surface area contributed by atoms with Crippen LogP contribution in [0.15, 0.2) is 47.5 Å². The molecule has 2 rings (SSSR count). The molecule has 0 aliphatic rings. The Morgan fingerprint density at radius 1 is 1.28 bits per heavy atom. The summed E-state index contributed by atoms with van der Waals surface area (Å²) in [5.74, 6) is -0.506. The number of phenols is 1. The summed E-state index contributed by atoms with van der Waals surface area (Å²) in [6.07, 6.45) is -3.19. The Balaban J connectivity index is 1.99. The number of ether oxygens (including phenoxy) is 1. The van der Waals surface area contributed by atoms with Crippen molar-refractivity contribution in [3.8, 4) is 11.5 Å². The summed E-state index contributed by atoms with van der Waals surface area (Å²) in [5, 5.41) is 12.3. The number of phenolic OH excluding ortho intramolecular Hbond substituents is 1. The molecule has 5 nitrogen and oxygen atoms in total. The number of carbonyl (C=O) groups is 1. The summed E-state index contributed by atoms with van der Waals surface area (Å²) in [5.41, 5.74) is -0.633. The van der Waals surface area contributed by atoms with Gasteiger partial charge in [0.2, 0.25) is 0 Å². The van der Waals surface area contributed by atoms with Crippen LogP contribution in [-0.2, 0) is 6.18 Å². The molecule has 0 aromatic heterocycles. The van der Waals surface area contributed by atoms with E-state index in [0.717, 1.165) is 18.2 Å². The highest BCUT2D eigenvalue weighted by molar-refractivity contribution is 5.94. The lowest BCUT2D eigenvalue weighted by Gasteiger charge is -2.08. The SMILES string of the molecule is COc1cccc(/C=N/CNC(=O)c2cccc(C(F)(F)F)c2)c1O. The molecule has 0 aliphatic carbocycles. The first-order chi connectivity index (χ1) is 11.8. The maximum atomic E-state index is 12.6. The Labute approximate surface area is 141 Å². The number of benzene rings is 2. The molecule has 2 N–H and O–H groups in total. The zero-order chi connectivity index (χ0) is 18.4. The van der Waals surface area contributed by atoms with Crippen molar-refractivity contribution >= 4 is 12.1 Å². The number of hydrogen-bond acceptors (Lipinski definition) is 4. The van der Waals surface area contributed by atoms with E-state index in [0.29, 0.717) is 5.56 Å². The number of carbonyl (C=O) groups excluding carboxylic acids is 1. The number of amides is 1. The first kappa shape index (κ1) is 18.3. The number of hydrogen-bond donors (Lipinski definition) is 2. The van der Waals surface area contributed by atoms with E-state index in [2.05, 4.69) is 10.3 Å². The van der Waals surface area contributed by atoms with E-state index in [1.165, 1.54) is 19.4 Å². The molecule has 132 valence electrons. The summed E-state index contributed by atoms with van der Waals surface area (Å²) >= 11 is 0. The highest BCUT2D eigenvalue weighted by atomic mass is 19.4. The number of para-hydroxylation sites is 1. The summed E-state index contributed by atoms with van der Waals surface area (Å²) in [4.78, 5) is 15.8. The highest BCUT2D eigenvalue weighted by Crippen LogP contribution is 2.29. The lowest BCUT2D eigenvalue weighted by Crippen LogP contribution is -2.24. The molecule has 8 heteroatoms. The van der Waals surface area contributed by atoms with Gasteiger partial charge in [-0.3, -0.25) is 9.79 Å². The fourth-order valence-corrected chi connectivity index (χ4v) is 2.01. The van der Waals surface area contributed by atoms with Gasteiger partial charge in [0.25, 0.3) is 5.91 Å². The third-order valence-corrected chi connectivity index (χ3v) is 3.26. The summed E-state index contributed by atoms with van der Waals surface area (Å²) < 4.78 is 42.9. The van der Waals surface area contributed by atoms with Crippen molar-refractivity contribution in [3.63, 3.8) is 0 Å². The van der Waals surface area contributed by atoms with Crippen molar-refractivity contribution < 1.29 is 27.8 Å². The molecule has 25 heavy (non-hydrogen) atoms. The topological polar surface area (TPSA) is 70.9 Å². The summed E-state index contributed by atoms with van der Waals surface area (Å²) in [6, 6.07) is 8.92. The van der Waals surface area contributed by atoms with Gasteiger partial charge in [0.15, 0.2) is 11.5 Å². The third-order valence-electron chi connectivity index (χ3n) is 3.26. The summed E-state index contributed by atoms with van der Waals surface area (Å²) in [7, 11) is 1.41. The van der Waals surface area contributed by atoms with Crippen LogP contribution in [0.3, 0.4) is 0 Å². The molecule has 0 saturated heterocycles. The van der Waals surface area contributed by atoms with Gasteiger partial charge in [-0.15, -0.1) is 0 Å². The molecule has 2 aromatic carbocycles. The number of methoxy groups -OCH3 is 1. The van der Waals surface area contributed by atoms with Gasteiger partial charge in [-0.05, 0) is 30.3 Å².